The van der Waals surface area contributed by atoms with Crippen LogP contribution in [0.15, 0.2) is 55.1 Å². The molecule has 1 aliphatic heterocycles. The molecule has 1 amide bonds. The molecule has 0 aliphatic carbocycles. The first-order valence-electron chi connectivity index (χ1n) is 10.1. The highest BCUT2D eigenvalue weighted by Crippen LogP contribution is 2.45. The Morgan fingerprint density at radius 1 is 1.34 bits per heavy atom. The molecule has 1 saturated heterocycles. The number of rotatable bonds is 4. The second-order valence-electron chi connectivity index (χ2n) is 7.86. The van der Waals surface area contributed by atoms with Crippen molar-refractivity contribution in [1.29, 1.82) is 0 Å². The summed E-state index contributed by atoms with van der Waals surface area (Å²) in [5.41, 5.74) is 0.975. The van der Waals surface area contributed by atoms with Crippen molar-refractivity contribution in [2.24, 2.45) is 0 Å². The number of phenolic OH excluding ortho intramolecular Hbond substituents is 1. The van der Waals surface area contributed by atoms with Gasteiger partial charge in [0.25, 0.3) is 0 Å². The molecule has 2 N–H and O–H groups in total. The summed E-state index contributed by atoms with van der Waals surface area (Å²) in [6, 6.07) is 12.4. The highest BCUT2D eigenvalue weighted by atomic mass is 35.5. The SMILES string of the molecule is C=CC(=O)NC1CN(c2snc3c(F)c(-c4cc(O)cc5ccccc45)c(Cl)cc23)C1C. The summed E-state index contributed by atoms with van der Waals surface area (Å²) in [6.45, 7) is 6.07. The van der Waals surface area contributed by atoms with Crippen molar-refractivity contribution in [3.05, 3.63) is 66.0 Å². The number of carbonyl (C=O) groups is 1. The van der Waals surface area contributed by atoms with Gasteiger partial charge in [0.2, 0.25) is 5.91 Å². The van der Waals surface area contributed by atoms with E-state index in [2.05, 4.69) is 21.2 Å². The third kappa shape index (κ3) is 3.20. The first-order valence-corrected chi connectivity index (χ1v) is 11.2. The Labute approximate surface area is 192 Å². The van der Waals surface area contributed by atoms with E-state index < -0.39 is 5.82 Å². The molecule has 2 unspecified atom stereocenters. The number of anilines is 1. The number of halogens is 2. The van der Waals surface area contributed by atoms with Crippen LogP contribution < -0.4 is 10.2 Å². The molecule has 1 aromatic heterocycles. The van der Waals surface area contributed by atoms with Crippen LogP contribution in [-0.4, -0.2) is 34.0 Å². The van der Waals surface area contributed by atoms with Crippen LogP contribution in [0, 0.1) is 5.82 Å². The molecule has 2 heterocycles. The molecule has 32 heavy (non-hydrogen) atoms. The van der Waals surface area contributed by atoms with Crippen molar-refractivity contribution in [1.82, 2.24) is 9.69 Å². The van der Waals surface area contributed by atoms with E-state index in [-0.39, 0.29) is 39.8 Å². The second-order valence-corrected chi connectivity index (χ2v) is 9.02. The zero-order valence-corrected chi connectivity index (χ0v) is 18.7. The highest BCUT2D eigenvalue weighted by molar-refractivity contribution is 7.11. The molecular formula is C24H19ClFN3O2S. The predicted molar refractivity (Wildman–Crippen MR) is 128 cm³/mol. The van der Waals surface area contributed by atoms with Gasteiger partial charge in [-0.25, -0.2) is 4.39 Å². The zero-order chi connectivity index (χ0) is 22.6. The van der Waals surface area contributed by atoms with Gasteiger partial charge in [-0.05, 0) is 59.1 Å². The number of carbonyl (C=O) groups excluding carboxylic acids is 1. The van der Waals surface area contributed by atoms with Gasteiger partial charge in [-0.15, -0.1) is 0 Å². The number of fused-ring (bicyclic) bond motifs is 2. The van der Waals surface area contributed by atoms with E-state index in [4.69, 9.17) is 11.6 Å². The first kappa shape index (κ1) is 20.7. The Balaban J connectivity index is 1.59. The van der Waals surface area contributed by atoms with Gasteiger partial charge in [0, 0.05) is 23.5 Å². The third-order valence-corrected chi connectivity index (χ3v) is 7.20. The average molecular weight is 468 g/mol. The van der Waals surface area contributed by atoms with Gasteiger partial charge < -0.3 is 15.3 Å². The molecule has 0 radical (unpaired) electrons. The van der Waals surface area contributed by atoms with Crippen molar-refractivity contribution >= 4 is 55.7 Å². The lowest BCUT2D eigenvalue weighted by atomic mass is 9.95. The standard InChI is InChI=1S/C24H19ClFN3O2S/c1-3-20(31)27-19-11-29(12(19)2)24-17-10-18(25)21(22(26)23(17)28-32-24)16-9-14(30)8-13-6-4-5-7-15(13)16/h3-10,12,19,30H,1,11H2,2H3,(H,27,31). The van der Waals surface area contributed by atoms with Gasteiger partial charge in [-0.2, -0.15) is 4.37 Å². The molecule has 2 atom stereocenters. The summed E-state index contributed by atoms with van der Waals surface area (Å²) < 4.78 is 20.1. The van der Waals surface area contributed by atoms with Crippen molar-refractivity contribution in [3.63, 3.8) is 0 Å². The fourth-order valence-electron chi connectivity index (χ4n) is 4.24. The average Bonchev–Trinajstić information content (AvgIpc) is 3.18. The summed E-state index contributed by atoms with van der Waals surface area (Å²) in [4.78, 5) is 13.7. The van der Waals surface area contributed by atoms with Gasteiger partial charge in [0.15, 0.2) is 5.82 Å². The molecule has 162 valence electrons. The van der Waals surface area contributed by atoms with Gasteiger partial charge in [-0.3, -0.25) is 4.79 Å². The number of phenols is 1. The summed E-state index contributed by atoms with van der Waals surface area (Å²) >= 11 is 7.82. The minimum Gasteiger partial charge on any atom is -0.508 e. The smallest absolute Gasteiger partial charge is 0.243 e. The fraction of sp³-hybridized carbons (Fsp3) is 0.167. The molecule has 1 fully saturated rings. The van der Waals surface area contributed by atoms with Gasteiger partial charge in [0.1, 0.15) is 16.3 Å². The van der Waals surface area contributed by atoms with Crippen LogP contribution in [0.5, 0.6) is 5.75 Å². The lowest BCUT2D eigenvalue weighted by Crippen LogP contribution is -2.65. The summed E-state index contributed by atoms with van der Waals surface area (Å²) in [5, 5.41) is 16.4. The summed E-state index contributed by atoms with van der Waals surface area (Å²) in [5.74, 6) is -0.696. The van der Waals surface area contributed by atoms with Crippen LogP contribution in [0.3, 0.4) is 0 Å². The Morgan fingerprint density at radius 3 is 2.88 bits per heavy atom. The van der Waals surface area contributed by atoms with Crippen LogP contribution in [0.2, 0.25) is 5.02 Å². The minimum absolute atomic E-state index is 0.0177. The van der Waals surface area contributed by atoms with Crippen molar-refractivity contribution < 1.29 is 14.3 Å². The molecule has 4 aromatic rings. The number of hydrogen-bond acceptors (Lipinski definition) is 5. The molecule has 5 nitrogen and oxygen atoms in total. The van der Waals surface area contributed by atoms with Crippen LogP contribution in [0.25, 0.3) is 32.8 Å². The van der Waals surface area contributed by atoms with Crippen LogP contribution in [0.1, 0.15) is 6.92 Å². The first-order chi connectivity index (χ1) is 15.4. The molecular weight excluding hydrogens is 449 g/mol. The lowest BCUT2D eigenvalue weighted by molar-refractivity contribution is -0.117. The van der Waals surface area contributed by atoms with Crippen molar-refractivity contribution in [3.8, 4) is 16.9 Å². The largest absolute Gasteiger partial charge is 0.508 e. The molecule has 0 spiro atoms. The molecule has 1 aliphatic rings. The Morgan fingerprint density at radius 2 is 2.12 bits per heavy atom. The number of hydrogen-bond donors (Lipinski definition) is 2. The molecule has 0 saturated carbocycles. The van der Waals surface area contributed by atoms with E-state index in [1.54, 1.807) is 12.1 Å². The number of nitrogens with one attached hydrogen (secondary N) is 1. The topological polar surface area (TPSA) is 65.5 Å². The maximum atomic E-state index is 15.8. The summed E-state index contributed by atoms with van der Waals surface area (Å²) in [7, 11) is 0. The van der Waals surface area contributed by atoms with E-state index in [0.717, 1.165) is 15.8 Å². The number of benzene rings is 3. The van der Waals surface area contributed by atoms with E-state index in [1.807, 2.05) is 31.2 Å². The minimum atomic E-state index is -0.518. The van der Waals surface area contributed by atoms with E-state index in [0.29, 0.717) is 17.5 Å². The van der Waals surface area contributed by atoms with Gasteiger partial charge >= 0.3 is 0 Å². The zero-order valence-electron chi connectivity index (χ0n) is 17.1. The van der Waals surface area contributed by atoms with Crippen LogP contribution in [-0.2, 0) is 4.79 Å². The van der Waals surface area contributed by atoms with Crippen molar-refractivity contribution in [2.45, 2.75) is 19.0 Å². The van der Waals surface area contributed by atoms with Gasteiger partial charge in [-0.1, -0.05) is 42.4 Å². The molecule has 8 heteroatoms. The molecule has 5 rings (SSSR count). The Hall–Kier alpha value is -3.16. The quantitative estimate of drug-likeness (QED) is 0.389. The fourth-order valence-corrected chi connectivity index (χ4v) is 5.49. The van der Waals surface area contributed by atoms with E-state index in [9.17, 15) is 9.90 Å². The molecule has 3 aromatic carbocycles. The highest BCUT2D eigenvalue weighted by Gasteiger charge is 2.38. The number of amides is 1. The second kappa shape index (κ2) is 7.76. The lowest BCUT2D eigenvalue weighted by Gasteiger charge is -2.47. The van der Waals surface area contributed by atoms with E-state index in [1.165, 1.54) is 23.7 Å². The monoisotopic (exact) mass is 467 g/mol. The molecule has 0 bridgehead atoms. The van der Waals surface area contributed by atoms with Crippen LogP contribution in [0.4, 0.5) is 9.39 Å². The number of aromatic hydroxyl groups is 1. The Kier molecular flexibility index (Phi) is 5.03. The number of aromatic nitrogens is 1. The van der Waals surface area contributed by atoms with E-state index >= 15 is 4.39 Å². The third-order valence-electron chi connectivity index (χ3n) is 6.00. The van der Waals surface area contributed by atoms with Gasteiger partial charge in [0.05, 0.1) is 11.1 Å². The van der Waals surface area contributed by atoms with Crippen molar-refractivity contribution in [2.75, 3.05) is 11.4 Å². The van der Waals surface area contributed by atoms with Crippen LogP contribution >= 0.6 is 23.1 Å². The maximum absolute atomic E-state index is 15.8. The number of nitrogens with zero attached hydrogens (tertiary/aromatic N) is 2. The predicted octanol–water partition coefficient (Wildman–Crippen LogP) is 5.49. The normalized spacial score (nSPS) is 18.0. The summed E-state index contributed by atoms with van der Waals surface area (Å²) in [6.07, 6.45) is 1.25. The maximum Gasteiger partial charge on any atom is 0.243 e. The Bertz CT molecular complexity index is 1400.